The molecule has 0 radical (unpaired) electrons. The maximum absolute atomic E-state index is 12.3. The van der Waals surface area contributed by atoms with E-state index in [0.717, 1.165) is 13.1 Å². The number of hydrogen-bond donors (Lipinski definition) is 1. The number of likely N-dealkylation sites (tertiary alicyclic amines) is 1. The SMILES string of the molecule is C[C@H](CNC(=O)c1ccc(-c2cc(Cl)ccc2Cl)o1)N1CCCC1. The van der Waals surface area contributed by atoms with E-state index in [4.69, 9.17) is 27.6 Å². The Morgan fingerprint density at radius 3 is 2.75 bits per heavy atom. The number of hydrogen-bond acceptors (Lipinski definition) is 3. The molecule has 24 heavy (non-hydrogen) atoms. The first-order chi connectivity index (χ1) is 11.5. The van der Waals surface area contributed by atoms with Gasteiger partial charge in [-0.05, 0) is 63.2 Å². The Labute approximate surface area is 151 Å². The summed E-state index contributed by atoms with van der Waals surface area (Å²) in [7, 11) is 0. The van der Waals surface area contributed by atoms with Crippen LogP contribution in [0, 0.1) is 0 Å². The summed E-state index contributed by atoms with van der Waals surface area (Å²) in [6, 6.07) is 8.86. The average molecular weight is 367 g/mol. The van der Waals surface area contributed by atoms with Gasteiger partial charge in [0.25, 0.3) is 5.91 Å². The lowest BCUT2D eigenvalue weighted by Crippen LogP contribution is -2.40. The molecule has 1 aromatic heterocycles. The minimum atomic E-state index is -0.217. The summed E-state index contributed by atoms with van der Waals surface area (Å²) < 4.78 is 5.66. The second-order valence-electron chi connectivity index (χ2n) is 6.09. The molecule has 0 aliphatic carbocycles. The van der Waals surface area contributed by atoms with E-state index in [1.54, 1.807) is 30.3 Å². The molecule has 1 amide bonds. The van der Waals surface area contributed by atoms with Crippen LogP contribution in [0.15, 0.2) is 34.7 Å². The number of carbonyl (C=O) groups excluding carboxylic acids is 1. The number of nitrogens with one attached hydrogen (secondary N) is 1. The minimum Gasteiger partial charge on any atom is -0.451 e. The molecule has 0 bridgehead atoms. The Hall–Kier alpha value is -1.49. The van der Waals surface area contributed by atoms with Crippen LogP contribution < -0.4 is 5.32 Å². The Kier molecular flexibility index (Phi) is 5.49. The first kappa shape index (κ1) is 17.3. The Morgan fingerprint density at radius 1 is 1.25 bits per heavy atom. The fraction of sp³-hybridized carbons (Fsp3) is 0.389. The molecular formula is C18H20Cl2N2O2. The van der Waals surface area contributed by atoms with Crippen molar-refractivity contribution in [2.45, 2.75) is 25.8 Å². The quantitative estimate of drug-likeness (QED) is 0.848. The molecule has 1 aliphatic rings. The average Bonchev–Trinajstić information content (AvgIpc) is 3.26. The van der Waals surface area contributed by atoms with Gasteiger partial charge in [0.2, 0.25) is 0 Å². The van der Waals surface area contributed by atoms with Crippen molar-refractivity contribution in [3.05, 3.63) is 46.1 Å². The van der Waals surface area contributed by atoms with Crippen LogP contribution in [0.1, 0.15) is 30.3 Å². The molecule has 2 aromatic rings. The second kappa shape index (κ2) is 7.60. The maximum Gasteiger partial charge on any atom is 0.287 e. The number of amides is 1. The van der Waals surface area contributed by atoms with E-state index in [1.165, 1.54) is 12.8 Å². The maximum atomic E-state index is 12.3. The number of halogens is 2. The third kappa shape index (κ3) is 3.94. The molecule has 1 aromatic carbocycles. The van der Waals surface area contributed by atoms with Gasteiger partial charge >= 0.3 is 0 Å². The van der Waals surface area contributed by atoms with Crippen LogP contribution in [0.2, 0.25) is 10.0 Å². The van der Waals surface area contributed by atoms with Crippen molar-refractivity contribution in [2.75, 3.05) is 19.6 Å². The van der Waals surface area contributed by atoms with Crippen molar-refractivity contribution >= 4 is 29.1 Å². The van der Waals surface area contributed by atoms with Crippen molar-refractivity contribution in [1.29, 1.82) is 0 Å². The molecule has 1 fully saturated rings. The molecule has 4 nitrogen and oxygen atoms in total. The molecule has 0 spiro atoms. The molecular weight excluding hydrogens is 347 g/mol. The van der Waals surface area contributed by atoms with Gasteiger partial charge in [-0.3, -0.25) is 9.69 Å². The molecule has 2 heterocycles. The largest absolute Gasteiger partial charge is 0.451 e. The highest BCUT2D eigenvalue weighted by atomic mass is 35.5. The predicted octanol–water partition coefficient (Wildman–Crippen LogP) is 4.47. The molecule has 0 unspecified atom stereocenters. The fourth-order valence-corrected chi connectivity index (χ4v) is 3.31. The molecule has 3 rings (SSSR count). The summed E-state index contributed by atoms with van der Waals surface area (Å²) in [5.41, 5.74) is 0.675. The van der Waals surface area contributed by atoms with Crippen LogP contribution in [-0.2, 0) is 0 Å². The van der Waals surface area contributed by atoms with Gasteiger partial charge in [0.05, 0.1) is 5.02 Å². The number of benzene rings is 1. The number of furan rings is 1. The molecule has 1 atom stereocenters. The van der Waals surface area contributed by atoms with Gasteiger partial charge < -0.3 is 9.73 Å². The third-order valence-electron chi connectivity index (χ3n) is 4.35. The smallest absolute Gasteiger partial charge is 0.287 e. The van der Waals surface area contributed by atoms with Gasteiger partial charge in [-0.1, -0.05) is 23.2 Å². The summed E-state index contributed by atoms with van der Waals surface area (Å²) in [5.74, 6) is 0.584. The zero-order valence-corrected chi connectivity index (χ0v) is 15.0. The Morgan fingerprint density at radius 2 is 2.00 bits per heavy atom. The van der Waals surface area contributed by atoms with Crippen molar-refractivity contribution in [2.24, 2.45) is 0 Å². The second-order valence-corrected chi connectivity index (χ2v) is 6.93. The highest BCUT2D eigenvalue weighted by Gasteiger charge is 2.20. The zero-order valence-electron chi connectivity index (χ0n) is 13.5. The van der Waals surface area contributed by atoms with Crippen LogP contribution in [0.4, 0.5) is 0 Å². The lowest BCUT2D eigenvalue weighted by molar-refractivity contribution is 0.0913. The number of nitrogens with zero attached hydrogens (tertiary/aromatic N) is 1. The predicted molar refractivity (Wildman–Crippen MR) is 96.8 cm³/mol. The van der Waals surface area contributed by atoms with Gasteiger partial charge in [0.15, 0.2) is 5.76 Å². The first-order valence-corrected chi connectivity index (χ1v) is 8.87. The highest BCUT2D eigenvalue weighted by molar-refractivity contribution is 6.35. The van der Waals surface area contributed by atoms with Crippen molar-refractivity contribution in [3.63, 3.8) is 0 Å². The first-order valence-electron chi connectivity index (χ1n) is 8.12. The van der Waals surface area contributed by atoms with Gasteiger partial charge in [-0.25, -0.2) is 0 Å². The highest BCUT2D eigenvalue weighted by Crippen LogP contribution is 2.31. The van der Waals surface area contributed by atoms with Crippen molar-refractivity contribution in [3.8, 4) is 11.3 Å². The van der Waals surface area contributed by atoms with Crippen molar-refractivity contribution < 1.29 is 9.21 Å². The van der Waals surface area contributed by atoms with E-state index >= 15 is 0 Å². The van der Waals surface area contributed by atoms with Gasteiger partial charge in [0, 0.05) is 23.2 Å². The van der Waals surface area contributed by atoms with Gasteiger partial charge in [-0.15, -0.1) is 0 Å². The summed E-state index contributed by atoms with van der Waals surface area (Å²) in [4.78, 5) is 14.7. The summed E-state index contributed by atoms with van der Waals surface area (Å²) >= 11 is 12.2. The Bertz CT molecular complexity index is 724. The molecule has 1 saturated heterocycles. The summed E-state index contributed by atoms with van der Waals surface area (Å²) in [6.07, 6.45) is 2.47. The topological polar surface area (TPSA) is 45.5 Å². The van der Waals surface area contributed by atoms with Gasteiger partial charge in [0.1, 0.15) is 5.76 Å². The minimum absolute atomic E-state index is 0.217. The van der Waals surface area contributed by atoms with Gasteiger partial charge in [-0.2, -0.15) is 0 Å². The summed E-state index contributed by atoms with van der Waals surface area (Å²) in [6.45, 7) is 4.95. The lowest BCUT2D eigenvalue weighted by Gasteiger charge is -2.23. The van der Waals surface area contributed by atoms with Crippen LogP contribution >= 0.6 is 23.2 Å². The van der Waals surface area contributed by atoms with E-state index < -0.39 is 0 Å². The monoisotopic (exact) mass is 366 g/mol. The lowest BCUT2D eigenvalue weighted by atomic mass is 10.2. The van der Waals surface area contributed by atoms with E-state index in [0.29, 0.717) is 34.0 Å². The Balaban J connectivity index is 1.64. The molecule has 0 saturated carbocycles. The van der Waals surface area contributed by atoms with Crippen LogP contribution in [0.3, 0.4) is 0 Å². The van der Waals surface area contributed by atoms with Crippen molar-refractivity contribution in [1.82, 2.24) is 10.2 Å². The number of carbonyl (C=O) groups is 1. The van der Waals surface area contributed by atoms with E-state index in [1.807, 2.05) is 0 Å². The molecule has 1 N–H and O–H groups in total. The zero-order chi connectivity index (χ0) is 17.1. The molecule has 1 aliphatic heterocycles. The number of rotatable bonds is 5. The van der Waals surface area contributed by atoms with E-state index in [9.17, 15) is 4.79 Å². The fourth-order valence-electron chi connectivity index (χ4n) is 2.93. The normalized spacial score (nSPS) is 16.3. The standard InChI is InChI=1S/C18H20Cl2N2O2/c1-12(22-8-2-3-9-22)11-21-18(23)17-7-6-16(24-17)14-10-13(19)4-5-15(14)20/h4-7,10,12H,2-3,8-9,11H2,1H3,(H,21,23)/t12-/m1/s1. The van der Waals surface area contributed by atoms with Crippen LogP contribution in [0.25, 0.3) is 11.3 Å². The molecule has 128 valence electrons. The van der Waals surface area contributed by atoms with E-state index in [2.05, 4.69) is 17.1 Å². The summed E-state index contributed by atoms with van der Waals surface area (Å²) in [5, 5.41) is 4.03. The molecule has 6 heteroatoms. The van der Waals surface area contributed by atoms with Crippen LogP contribution in [0.5, 0.6) is 0 Å². The third-order valence-corrected chi connectivity index (χ3v) is 4.91. The van der Waals surface area contributed by atoms with Crippen LogP contribution in [-0.4, -0.2) is 36.5 Å². The van der Waals surface area contributed by atoms with E-state index in [-0.39, 0.29) is 11.7 Å².